The first-order valence-electron chi connectivity index (χ1n) is 12.1. The number of halogens is 1. The first-order valence-corrected chi connectivity index (χ1v) is 12.4. The Hall–Kier alpha value is -2.90. The highest BCUT2D eigenvalue weighted by molar-refractivity contribution is 6.30. The number of carboxylic acid groups (broad SMARTS) is 1. The maximum Gasteiger partial charge on any atom is 0.305 e. The summed E-state index contributed by atoms with van der Waals surface area (Å²) in [6, 6.07) is 13.1. The SMILES string of the molecule is Cc1cc(CN(CC2CC2)[C@@H](CC(=O)O)c2ccc(Cl)cc2)ccc1OCCN1C(=O)CCC1=O. The summed E-state index contributed by atoms with van der Waals surface area (Å²) in [6.07, 6.45) is 2.92. The molecule has 2 fully saturated rings. The number of amides is 2. The van der Waals surface area contributed by atoms with Crippen LogP contribution in [0.1, 0.15) is 54.8 Å². The molecule has 1 aliphatic carbocycles. The number of benzene rings is 2. The van der Waals surface area contributed by atoms with Crippen molar-refractivity contribution in [2.75, 3.05) is 19.7 Å². The summed E-state index contributed by atoms with van der Waals surface area (Å²) in [5.74, 6) is 0.191. The first-order chi connectivity index (χ1) is 16.8. The van der Waals surface area contributed by atoms with Crippen LogP contribution in [0.5, 0.6) is 5.75 Å². The van der Waals surface area contributed by atoms with Crippen molar-refractivity contribution in [3.63, 3.8) is 0 Å². The summed E-state index contributed by atoms with van der Waals surface area (Å²) in [6.45, 7) is 3.93. The highest BCUT2D eigenvalue weighted by Crippen LogP contribution is 2.35. The highest BCUT2D eigenvalue weighted by atomic mass is 35.5. The van der Waals surface area contributed by atoms with Crippen LogP contribution in [-0.4, -0.2) is 52.4 Å². The van der Waals surface area contributed by atoms with Gasteiger partial charge in [0.2, 0.25) is 11.8 Å². The molecule has 2 aromatic rings. The fourth-order valence-electron chi connectivity index (χ4n) is 4.57. The standard InChI is InChI=1S/C27H31ClN2O5/c1-18-14-20(4-9-24(18)35-13-12-30-25(31)10-11-26(30)32)17-29(16-19-2-3-19)23(15-27(33)34)21-5-7-22(28)8-6-21/h4-9,14,19,23H,2-3,10-13,15-17H2,1H3,(H,33,34)/t23-/m0/s1. The van der Waals surface area contributed by atoms with Gasteiger partial charge < -0.3 is 9.84 Å². The van der Waals surface area contributed by atoms with E-state index in [0.717, 1.165) is 23.2 Å². The van der Waals surface area contributed by atoms with Gasteiger partial charge in [-0.1, -0.05) is 35.9 Å². The van der Waals surface area contributed by atoms with E-state index in [1.165, 1.54) is 17.7 Å². The smallest absolute Gasteiger partial charge is 0.305 e. The van der Waals surface area contributed by atoms with Gasteiger partial charge in [0.25, 0.3) is 0 Å². The van der Waals surface area contributed by atoms with Crippen LogP contribution in [0.25, 0.3) is 0 Å². The molecule has 2 aromatic carbocycles. The van der Waals surface area contributed by atoms with Crippen LogP contribution in [0, 0.1) is 12.8 Å². The van der Waals surface area contributed by atoms with Gasteiger partial charge in [-0.2, -0.15) is 0 Å². The van der Waals surface area contributed by atoms with Gasteiger partial charge in [0.05, 0.1) is 13.0 Å². The zero-order chi connectivity index (χ0) is 24.9. The summed E-state index contributed by atoms with van der Waals surface area (Å²) >= 11 is 6.07. The molecule has 1 N–H and O–H groups in total. The average Bonchev–Trinajstić information content (AvgIpc) is 3.58. The Kier molecular flexibility index (Phi) is 8.08. The number of aryl methyl sites for hydroxylation is 1. The number of nitrogens with zero attached hydrogens (tertiary/aromatic N) is 2. The first kappa shape index (κ1) is 25.2. The second kappa shape index (κ2) is 11.2. The van der Waals surface area contributed by atoms with Gasteiger partial charge in [-0.05, 0) is 60.6 Å². The molecule has 0 bridgehead atoms. The number of hydrogen-bond donors (Lipinski definition) is 1. The van der Waals surface area contributed by atoms with E-state index in [4.69, 9.17) is 16.3 Å². The Morgan fingerprint density at radius 2 is 1.83 bits per heavy atom. The molecular weight excluding hydrogens is 468 g/mol. The van der Waals surface area contributed by atoms with E-state index in [-0.39, 0.29) is 50.3 Å². The van der Waals surface area contributed by atoms with Crippen LogP contribution in [-0.2, 0) is 20.9 Å². The van der Waals surface area contributed by atoms with Crippen LogP contribution in [0.3, 0.4) is 0 Å². The molecule has 186 valence electrons. The minimum atomic E-state index is -0.833. The molecule has 0 radical (unpaired) electrons. The lowest BCUT2D eigenvalue weighted by Crippen LogP contribution is -2.33. The largest absolute Gasteiger partial charge is 0.491 e. The second-order valence-electron chi connectivity index (χ2n) is 9.43. The maximum atomic E-state index is 11.8. The molecule has 1 atom stereocenters. The van der Waals surface area contributed by atoms with Crippen LogP contribution < -0.4 is 4.74 Å². The predicted molar refractivity (Wildman–Crippen MR) is 132 cm³/mol. The third-order valence-electron chi connectivity index (χ3n) is 6.61. The lowest BCUT2D eigenvalue weighted by atomic mass is 10.00. The molecule has 0 unspecified atom stereocenters. The van der Waals surface area contributed by atoms with Crippen molar-refractivity contribution in [1.82, 2.24) is 9.80 Å². The highest BCUT2D eigenvalue weighted by Gasteiger charge is 2.31. The summed E-state index contributed by atoms with van der Waals surface area (Å²) < 4.78 is 5.86. The van der Waals surface area contributed by atoms with Gasteiger partial charge in [0.1, 0.15) is 12.4 Å². The van der Waals surface area contributed by atoms with Crippen molar-refractivity contribution in [1.29, 1.82) is 0 Å². The summed E-state index contributed by atoms with van der Waals surface area (Å²) in [5.41, 5.74) is 2.97. The Labute approximate surface area is 210 Å². The fourth-order valence-corrected chi connectivity index (χ4v) is 4.69. The number of rotatable bonds is 12. The molecule has 35 heavy (non-hydrogen) atoms. The van der Waals surface area contributed by atoms with Crippen molar-refractivity contribution in [3.8, 4) is 5.75 Å². The Balaban J connectivity index is 1.45. The van der Waals surface area contributed by atoms with Gasteiger partial charge in [-0.3, -0.25) is 24.2 Å². The average molecular weight is 499 g/mol. The number of carboxylic acids is 1. The van der Waals surface area contributed by atoms with E-state index in [2.05, 4.69) is 11.0 Å². The molecule has 2 amide bonds. The zero-order valence-electron chi connectivity index (χ0n) is 19.9. The van der Waals surface area contributed by atoms with E-state index in [1.54, 1.807) is 12.1 Å². The number of carbonyl (C=O) groups excluding carboxylic acids is 2. The third kappa shape index (κ3) is 6.83. The number of ether oxygens (including phenoxy) is 1. The van der Waals surface area contributed by atoms with Crippen molar-refractivity contribution >= 4 is 29.4 Å². The van der Waals surface area contributed by atoms with E-state index in [9.17, 15) is 19.5 Å². The molecular formula is C27H31ClN2O5. The Morgan fingerprint density at radius 3 is 2.43 bits per heavy atom. The number of hydrogen-bond acceptors (Lipinski definition) is 5. The molecule has 0 spiro atoms. The van der Waals surface area contributed by atoms with Crippen molar-refractivity contribution < 1.29 is 24.2 Å². The van der Waals surface area contributed by atoms with Crippen molar-refractivity contribution in [2.45, 2.75) is 51.6 Å². The molecule has 8 heteroatoms. The van der Waals surface area contributed by atoms with E-state index in [0.29, 0.717) is 23.2 Å². The lowest BCUT2D eigenvalue weighted by molar-refractivity contribution is -0.140. The molecule has 2 aliphatic rings. The van der Waals surface area contributed by atoms with Crippen LogP contribution in [0.4, 0.5) is 0 Å². The number of aliphatic carboxylic acids is 1. The molecule has 0 aromatic heterocycles. The molecule has 1 aliphatic heterocycles. The predicted octanol–water partition coefficient (Wildman–Crippen LogP) is 4.60. The second-order valence-corrected chi connectivity index (χ2v) is 9.86. The van der Waals surface area contributed by atoms with Gasteiger partial charge in [0, 0.05) is 37.0 Å². The van der Waals surface area contributed by atoms with Gasteiger partial charge in [-0.25, -0.2) is 0 Å². The van der Waals surface area contributed by atoms with E-state index >= 15 is 0 Å². The quantitative estimate of drug-likeness (QED) is 0.430. The monoisotopic (exact) mass is 498 g/mol. The third-order valence-corrected chi connectivity index (χ3v) is 6.86. The number of likely N-dealkylation sites (tertiary alicyclic amines) is 1. The Bertz CT molecular complexity index is 1070. The summed E-state index contributed by atoms with van der Waals surface area (Å²) in [5, 5.41) is 10.3. The van der Waals surface area contributed by atoms with Crippen molar-refractivity contribution in [2.24, 2.45) is 5.92 Å². The van der Waals surface area contributed by atoms with Gasteiger partial charge in [0.15, 0.2) is 0 Å². The molecule has 4 rings (SSSR count). The summed E-state index contributed by atoms with van der Waals surface area (Å²) in [4.78, 5) is 38.8. The van der Waals surface area contributed by atoms with Gasteiger partial charge in [-0.15, -0.1) is 0 Å². The van der Waals surface area contributed by atoms with Crippen LogP contribution in [0.15, 0.2) is 42.5 Å². The molecule has 1 heterocycles. The minimum absolute atomic E-state index is 0.0163. The Morgan fingerprint density at radius 1 is 1.14 bits per heavy atom. The van der Waals surface area contributed by atoms with E-state index < -0.39 is 5.97 Å². The molecule has 1 saturated carbocycles. The molecule has 1 saturated heterocycles. The van der Waals surface area contributed by atoms with Crippen molar-refractivity contribution in [3.05, 3.63) is 64.2 Å². The van der Waals surface area contributed by atoms with Crippen LogP contribution >= 0.6 is 11.6 Å². The fraction of sp³-hybridized carbons (Fsp3) is 0.444. The summed E-state index contributed by atoms with van der Waals surface area (Å²) in [7, 11) is 0. The maximum absolute atomic E-state index is 11.8. The number of imide groups is 1. The minimum Gasteiger partial charge on any atom is -0.491 e. The van der Waals surface area contributed by atoms with Crippen LogP contribution in [0.2, 0.25) is 5.02 Å². The van der Waals surface area contributed by atoms with Gasteiger partial charge >= 0.3 is 5.97 Å². The lowest BCUT2D eigenvalue weighted by Gasteiger charge is -2.32. The molecule has 7 nitrogen and oxygen atoms in total. The zero-order valence-corrected chi connectivity index (χ0v) is 20.7. The van der Waals surface area contributed by atoms with E-state index in [1.807, 2.05) is 31.2 Å². The topological polar surface area (TPSA) is 87.2 Å². The normalized spacial score (nSPS) is 16.7. The number of carbonyl (C=O) groups is 3.